The van der Waals surface area contributed by atoms with Gasteiger partial charge in [0.25, 0.3) is 5.91 Å². The van der Waals surface area contributed by atoms with Crippen molar-refractivity contribution in [1.29, 1.82) is 0 Å². The van der Waals surface area contributed by atoms with Gasteiger partial charge in [-0.05, 0) is 18.2 Å². The Kier molecular flexibility index (Phi) is 3.34. The van der Waals surface area contributed by atoms with Gasteiger partial charge in [-0.25, -0.2) is 4.79 Å². The number of hydrogen-bond acceptors (Lipinski definition) is 4. The molecule has 4 N–H and O–H groups in total. The summed E-state index contributed by atoms with van der Waals surface area (Å²) in [5, 5.41) is 11.8. The summed E-state index contributed by atoms with van der Waals surface area (Å²) in [5.41, 5.74) is 8.56. The maximum atomic E-state index is 12.1. The Bertz CT molecular complexity index is 784. The third-order valence-corrected chi connectivity index (χ3v) is 3.34. The highest BCUT2D eigenvalue weighted by molar-refractivity contribution is 6.22. The second kappa shape index (κ2) is 5.33. The average Bonchev–Trinajstić information content (AvgIpc) is 2.64. The third kappa shape index (κ3) is 2.42. The predicted molar refractivity (Wildman–Crippen MR) is 83.0 cm³/mol. The summed E-state index contributed by atoms with van der Waals surface area (Å²) in [6.07, 6.45) is 0. The third-order valence-electron chi connectivity index (χ3n) is 3.34. The highest BCUT2D eigenvalue weighted by atomic mass is 16.4. The Morgan fingerprint density at radius 3 is 2.59 bits per heavy atom. The van der Waals surface area contributed by atoms with Gasteiger partial charge in [0.05, 0.1) is 11.4 Å². The number of nitrogens with one attached hydrogen (secondary N) is 1. The number of nitrogens with zero attached hydrogens (tertiary/aromatic N) is 1. The fraction of sp³-hybridized carbons (Fsp3) is 0.0625. The summed E-state index contributed by atoms with van der Waals surface area (Å²) in [5.74, 6) is -1.98. The molecule has 1 heterocycles. The molecule has 1 atom stereocenters. The van der Waals surface area contributed by atoms with E-state index in [1.807, 2.05) is 18.2 Å². The second-order valence-electron chi connectivity index (χ2n) is 4.88. The van der Waals surface area contributed by atoms with Crippen LogP contribution in [0.15, 0.2) is 53.5 Å². The van der Waals surface area contributed by atoms with Crippen molar-refractivity contribution in [3.63, 3.8) is 0 Å². The van der Waals surface area contributed by atoms with E-state index in [9.17, 15) is 14.7 Å². The highest BCUT2D eigenvalue weighted by Gasteiger charge is 2.31. The molecule has 0 radical (unpaired) electrons. The first-order valence-electron chi connectivity index (χ1n) is 6.63. The molecule has 0 fully saturated rings. The number of hydrogen-bond donors (Lipinski definition) is 3. The maximum Gasteiger partial charge on any atom is 0.338 e. The van der Waals surface area contributed by atoms with Gasteiger partial charge in [0, 0.05) is 16.8 Å². The molecule has 0 bridgehead atoms. The number of benzene rings is 2. The Labute approximate surface area is 126 Å². The van der Waals surface area contributed by atoms with E-state index in [4.69, 9.17) is 5.73 Å². The molecule has 2 aromatic carbocycles. The summed E-state index contributed by atoms with van der Waals surface area (Å²) in [7, 11) is 0. The zero-order valence-corrected chi connectivity index (χ0v) is 11.5. The van der Waals surface area contributed by atoms with Gasteiger partial charge in [-0.1, -0.05) is 30.3 Å². The lowest BCUT2D eigenvalue weighted by Crippen LogP contribution is -2.32. The standard InChI is InChI=1S/C16H13N3O3/c17-10-6-7-12-11(8-10)13(9-4-2-1-3-5-9)19-14(16(21)22)15(20)18-12/h1-8,14H,17H2,(H,18,20)(H,21,22). The molecule has 110 valence electrons. The van der Waals surface area contributed by atoms with Crippen LogP contribution >= 0.6 is 0 Å². The lowest BCUT2D eigenvalue weighted by Gasteiger charge is -2.10. The van der Waals surface area contributed by atoms with Gasteiger partial charge < -0.3 is 16.2 Å². The summed E-state index contributed by atoms with van der Waals surface area (Å²) in [6, 6.07) is 12.6. The summed E-state index contributed by atoms with van der Waals surface area (Å²) < 4.78 is 0. The van der Waals surface area contributed by atoms with E-state index in [1.165, 1.54) is 0 Å². The molecule has 0 aliphatic carbocycles. The van der Waals surface area contributed by atoms with Crippen LogP contribution in [0.1, 0.15) is 11.1 Å². The van der Waals surface area contributed by atoms with Crippen LogP contribution in [0.25, 0.3) is 0 Å². The van der Waals surface area contributed by atoms with Crippen molar-refractivity contribution in [2.75, 3.05) is 11.1 Å². The van der Waals surface area contributed by atoms with E-state index >= 15 is 0 Å². The van der Waals surface area contributed by atoms with Crippen molar-refractivity contribution in [3.05, 3.63) is 59.7 Å². The van der Waals surface area contributed by atoms with Gasteiger partial charge in [-0.3, -0.25) is 9.79 Å². The lowest BCUT2D eigenvalue weighted by atomic mass is 10.00. The smallest absolute Gasteiger partial charge is 0.338 e. The Balaban J connectivity index is 2.25. The molecule has 2 aromatic rings. The van der Waals surface area contributed by atoms with Crippen LogP contribution in [0.5, 0.6) is 0 Å². The van der Waals surface area contributed by atoms with Gasteiger partial charge >= 0.3 is 5.97 Å². The number of fused-ring (bicyclic) bond motifs is 1. The quantitative estimate of drug-likeness (QED) is 0.577. The number of carboxylic acids is 1. The number of aliphatic imine (C=N–C) groups is 1. The predicted octanol–water partition coefficient (Wildman–Crippen LogP) is 1.51. The van der Waals surface area contributed by atoms with E-state index in [2.05, 4.69) is 10.3 Å². The van der Waals surface area contributed by atoms with Crippen LogP contribution in [0.2, 0.25) is 0 Å². The molecule has 1 aliphatic heterocycles. The number of nitrogens with two attached hydrogens (primary N) is 1. The molecule has 0 spiro atoms. The summed E-state index contributed by atoms with van der Waals surface area (Å²) >= 11 is 0. The normalized spacial score (nSPS) is 17.0. The molecule has 6 heteroatoms. The largest absolute Gasteiger partial charge is 0.479 e. The fourth-order valence-electron chi connectivity index (χ4n) is 2.32. The monoisotopic (exact) mass is 295 g/mol. The van der Waals surface area contributed by atoms with Gasteiger partial charge in [0.1, 0.15) is 0 Å². The molecule has 6 nitrogen and oxygen atoms in total. The first kappa shape index (κ1) is 13.8. The van der Waals surface area contributed by atoms with Crippen molar-refractivity contribution in [1.82, 2.24) is 0 Å². The van der Waals surface area contributed by atoms with Crippen LogP contribution in [-0.2, 0) is 9.59 Å². The first-order chi connectivity index (χ1) is 10.6. The second-order valence-corrected chi connectivity index (χ2v) is 4.88. The highest BCUT2D eigenvalue weighted by Crippen LogP contribution is 2.26. The number of nitrogen functional groups attached to an aromatic ring is 1. The van der Waals surface area contributed by atoms with Crippen molar-refractivity contribution in [3.8, 4) is 0 Å². The number of carboxylic acid groups (broad SMARTS) is 1. The molecule has 1 aliphatic rings. The van der Waals surface area contributed by atoms with Crippen molar-refractivity contribution in [2.24, 2.45) is 4.99 Å². The minimum Gasteiger partial charge on any atom is -0.479 e. The molecule has 1 amide bonds. The zero-order chi connectivity index (χ0) is 15.7. The van der Waals surface area contributed by atoms with Crippen molar-refractivity contribution >= 4 is 29.0 Å². The minimum absolute atomic E-state index is 0.425. The maximum absolute atomic E-state index is 12.1. The molecule has 1 unspecified atom stereocenters. The van der Waals surface area contributed by atoms with Gasteiger partial charge in [-0.2, -0.15) is 0 Å². The van der Waals surface area contributed by atoms with Crippen LogP contribution < -0.4 is 11.1 Å². The van der Waals surface area contributed by atoms with E-state index in [0.717, 1.165) is 5.56 Å². The number of benzodiazepines with no additional fused rings is 1. The minimum atomic E-state index is -1.50. The molecule has 0 saturated carbocycles. The van der Waals surface area contributed by atoms with Crippen LogP contribution in [0, 0.1) is 0 Å². The SMILES string of the molecule is Nc1ccc2c(c1)C(c1ccccc1)=NC(C(=O)O)C(=O)N2. The van der Waals surface area contributed by atoms with Crippen molar-refractivity contribution in [2.45, 2.75) is 6.04 Å². The van der Waals surface area contributed by atoms with Crippen LogP contribution in [0.3, 0.4) is 0 Å². The van der Waals surface area contributed by atoms with Gasteiger partial charge in [0.15, 0.2) is 0 Å². The van der Waals surface area contributed by atoms with E-state index in [-0.39, 0.29) is 0 Å². The summed E-state index contributed by atoms with van der Waals surface area (Å²) in [4.78, 5) is 27.5. The fourth-order valence-corrected chi connectivity index (χ4v) is 2.32. The number of amides is 1. The Hall–Kier alpha value is -3.15. The zero-order valence-electron chi connectivity index (χ0n) is 11.5. The molecular weight excluding hydrogens is 282 g/mol. The van der Waals surface area contributed by atoms with Crippen molar-refractivity contribution < 1.29 is 14.7 Å². The molecule has 22 heavy (non-hydrogen) atoms. The number of carbonyl (C=O) groups excluding carboxylic acids is 1. The molecule has 0 aromatic heterocycles. The molecule has 0 saturated heterocycles. The van der Waals surface area contributed by atoms with E-state index in [0.29, 0.717) is 22.6 Å². The Morgan fingerprint density at radius 1 is 1.18 bits per heavy atom. The van der Waals surface area contributed by atoms with E-state index < -0.39 is 17.9 Å². The average molecular weight is 295 g/mol. The lowest BCUT2D eigenvalue weighted by molar-refractivity contribution is -0.141. The van der Waals surface area contributed by atoms with Crippen LogP contribution in [0.4, 0.5) is 11.4 Å². The summed E-state index contributed by atoms with van der Waals surface area (Å²) in [6.45, 7) is 0. The van der Waals surface area contributed by atoms with Gasteiger partial charge in [-0.15, -0.1) is 0 Å². The number of carbonyl (C=O) groups is 2. The van der Waals surface area contributed by atoms with Gasteiger partial charge in [0.2, 0.25) is 6.04 Å². The molecule has 3 rings (SSSR count). The topological polar surface area (TPSA) is 105 Å². The number of anilines is 2. The molecular formula is C16H13N3O3. The Morgan fingerprint density at radius 2 is 1.91 bits per heavy atom. The van der Waals surface area contributed by atoms with Crippen LogP contribution in [-0.4, -0.2) is 28.7 Å². The number of rotatable bonds is 2. The van der Waals surface area contributed by atoms with E-state index in [1.54, 1.807) is 30.3 Å². The first-order valence-corrected chi connectivity index (χ1v) is 6.63. The number of aliphatic carboxylic acids is 1.